The number of carbonyl (C=O) groups is 2. The Bertz CT molecular complexity index is 591. The second-order valence-corrected chi connectivity index (χ2v) is 5.31. The fourth-order valence-electron chi connectivity index (χ4n) is 1.30. The van der Waals surface area contributed by atoms with Gasteiger partial charge < -0.3 is 20.1 Å². The summed E-state index contributed by atoms with van der Waals surface area (Å²) in [6, 6.07) is 1.03. The van der Waals surface area contributed by atoms with E-state index < -0.39 is 22.1 Å². The smallest absolute Gasteiger partial charge is 0.404 e. The summed E-state index contributed by atoms with van der Waals surface area (Å²) in [4.78, 5) is 20.9. The molecule has 0 aromatic carbocycles. The zero-order valence-electron chi connectivity index (χ0n) is 9.99. The van der Waals surface area contributed by atoms with Crippen LogP contribution in [0.3, 0.4) is 0 Å². The van der Waals surface area contributed by atoms with Gasteiger partial charge >= 0.3 is 12.1 Å². The van der Waals surface area contributed by atoms with Crippen LogP contribution >= 0.6 is 0 Å². The van der Waals surface area contributed by atoms with E-state index in [-0.39, 0.29) is 23.7 Å². The summed E-state index contributed by atoms with van der Waals surface area (Å²) in [6.45, 7) is -0.379. The van der Waals surface area contributed by atoms with Crippen molar-refractivity contribution in [3.63, 3.8) is 0 Å². The van der Waals surface area contributed by atoms with E-state index in [1.807, 2.05) is 0 Å². The predicted octanol–water partition coefficient (Wildman–Crippen LogP) is -0.903. The van der Waals surface area contributed by atoms with Gasteiger partial charge in [-0.1, -0.05) is 0 Å². The van der Waals surface area contributed by atoms with Crippen molar-refractivity contribution in [1.82, 2.24) is 9.29 Å². The third-order valence-corrected chi connectivity index (χ3v) is 3.58. The zero-order valence-corrected chi connectivity index (χ0v) is 10.8. The van der Waals surface area contributed by atoms with Crippen LogP contribution in [0.15, 0.2) is 17.2 Å². The summed E-state index contributed by atoms with van der Waals surface area (Å²) in [6.07, 6.45) is 0.160. The minimum Gasteiger partial charge on any atom is -0.477 e. The number of carboxylic acid groups (broad SMARTS) is 1. The lowest BCUT2D eigenvalue weighted by molar-refractivity contribution is 0.0686. The quantitative estimate of drug-likeness (QED) is 0.580. The van der Waals surface area contributed by atoms with Gasteiger partial charge in [0.1, 0.15) is 17.2 Å². The van der Waals surface area contributed by atoms with Crippen LogP contribution in [0, 0.1) is 0 Å². The largest absolute Gasteiger partial charge is 0.477 e. The molecule has 10 heteroatoms. The van der Waals surface area contributed by atoms with Gasteiger partial charge in [0.2, 0.25) is 10.0 Å². The molecule has 0 aliphatic rings. The first kappa shape index (κ1) is 15.0. The molecule has 0 atom stereocenters. The number of hydrogen-bond donors (Lipinski definition) is 3. The highest BCUT2D eigenvalue weighted by Crippen LogP contribution is 2.13. The fraction of sp³-hybridized carbons (Fsp3) is 0.333. The van der Waals surface area contributed by atoms with Crippen molar-refractivity contribution in [1.29, 1.82) is 0 Å². The molecule has 19 heavy (non-hydrogen) atoms. The molecule has 1 aromatic rings. The Morgan fingerprint density at radius 2 is 2.16 bits per heavy atom. The maximum absolute atomic E-state index is 11.8. The van der Waals surface area contributed by atoms with E-state index in [4.69, 9.17) is 10.8 Å². The summed E-state index contributed by atoms with van der Waals surface area (Å²) in [5.41, 5.74) is 4.54. The third kappa shape index (κ3) is 3.96. The lowest BCUT2D eigenvalue weighted by Crippen LogP contribution is -2.29. The van der Waals surface area contributed by atoms with E-state index in [0.29, 0.717) is 0 Å². The number of aromatic carboxylic acids is 1. The highest BCUT2D eigenvalue weighted by Gasteiger charge is 2.19. The number of rotatable bonds is 6. The molecule has 0 aliphatic carbocycles. The third-order valence-electron chi connectivity index (χ3n) is 2.15. The summed E-state index contributed by atoms with van der Waals surface area (Å²) in [7, 11) is -2.44. The van der Waals surface area contributed by atoms with Crippen molar-refractivity contribution in [3.05, 3.63) is 18.0 Å². The van der Waals surface area contributed by atoms with E-state index in [2.05, 4.69) is 9.46 Å². The average Bonchev–Trinajstić information content (AvgIpc) is 2.67. The Labute approximate surface area is 109 Å². The van der Waals surface area contributed by atoms with Crippen molar-refractivity contribution in [2.24, 2.45) is 12.8 Å². The molecule has 0 unspecified atom stereocenters. The molecule has 1 amide bonds. The number of hydrogen-bond acceptors (Lipinski definition) is 5. The molecule has 0 aliphatic heterocycles. The Balaban J connectivity index is 2.75. The highest BCUT2D eigenvalue weighted by molar-refractivity contribution is 7.89. The molecule has 1 rings (SSSR count). The Morgan fingerprint density at radius 1 is 1.53 bits per heavy atom. The number of primary amides is 1. The van der Waals surface area contributed by atoms with Crippen LogP contribution in [0.5, 0.6) is 0 Å². The van der Waals surface area contributed by atoms with Crippen LogP contribution in [0.2, 0.25) is 0 Å². The van der Waals surface area contributed by atoms with Gasteiger partial charge in [-0.25, -0.2) is 22.7 Å². The number of carboxylic acids is 1. The standard InChI is InChI=1S/C9H13N3O6S/c1-12-5-6(4-7(12)8(13)14)19(16,17)11-2-3-18-9(10)15/h4-5,11H,2-3H2,1H3,(H2,10,15)(H,13,14). The van der Waals surface area contributed by atoms with Gasteiger partial charge in [0.05, 0.1) is 0 Å². The molecule has 9 nitrogen and oxygen atoms in total. The first-order chi connectivity index (χ1) is 8.74. The number of nitrogens with one attached hydrogen (secondary N) is 1. The van der Waals surface area contributed by atoms with Crippen molar-refractivity contribution < 1.29 is 27.9 Å². The molecule has 0 radical (unpaired) electrons. The zero-order chi connectivity index (χ0) is 14.6. The molecular formula is C9H13N3O6S. The minimum atomic E-state index is -3.86. The maximum atomic E-state index is 11.8. The average molecular weight is 291 g/mol. The molecule has 0 saturated heterocycles. The lowest BCUT2D eigenvalue weighted by Gasteiger charge is -2.04. The van der Waals surface area contributed by atoms with Crippen molar-refractivity contribution >= 4 is 22.1 Å². The van der Waals surface area contributed by atoms with E-state index in [1.54, 1.807) is 0 Å². The van der Waals surface area contributed by atoms with Gasteiger partial charge in [-0.05, 0) is 6.07 Å². The van der Waals surface area contributed by atoms with E-state index in [9.17, 15) is 18.0 Å². The molecular weight excluding hydrogens is 278 g/mol. The Morgan fingerprint density at radius 3 is 2.63 bits per heavy atom. The molecule has 0 bridgehead atoms. The van der Waals surface area contributed by atoms with Crippen LogP contribution in [0.1, 0.15) is 10.5 Å². The topological polar surface area (TPSA) is 141 Å². The number of amides is 1. The summed E-state index contributed by atoms with van der Waals surface area (Å²) in [5.74, 6) is -1.24. The molecule has 0 spiro atoms. The first-order valence-electron chi connectivity index (χ1n) is 5.05. The van der Waals surface area contributed by atoms with Crippen molar-refractivity contribution in [2.75, 3.05) is 13.2 Å². The molecule has 106 valence electrons. The normalized spacial score (nSPS) is 11.2. The number of aromatic nitrogens is 1. The minimum absolute atomic E-state index is 0.159. The Kier molecular flexibility index (Phi) is 4.51. The second kappa shape index (κ2) is 5.71. The molecule has 1 aromatic heterocycles. The highest BCUT2D eigenvalue weighted by atomic mass is 32.2. The number of aryl methyl sites for hydroxylation is 1. The van der Waals surface area contributed by atoms with Crippen molar-refractivity contribution in [3.8, 4) is 0 Å². The number of nitrogens with zero attached hydrogens (tertiary/aromatic N) is 1. The SMILES string of the molecule is Cn1cc(S(=O)(=O)NCCOC(N)=O)cc1C(=O)O. The maximum Gasteiger partial charge on any atom is 0.404 e. The summed E-state index contributed by atoms with van der Waals surface area (Å²) in [5, 5.41) is 8.81. The van der Waals surface area contributed by atoms with Gasteiger partial charge in [-0.15, -0.1) is 0 Å². The van der Waals surface area contributed by atoms with Crippen LogP contribution in [0.25, 0.3) is 0 Å². The lowest BCUT2D eigenvalue weighted by atomic mass is 10.4. The van der Waals surface area contributed by atoms with Crippen molar-refractivity contribution in [2.45, 2.75) is 4.90 Å². The van der Waals surface area contributed by atoms with Gasteiger partial charge in [0, 0.05) is 19.8 Å². The number of sulfonamides is 1. The van der Waals surface area contributed by atoms with Gasteiger partial charge in [0.25, 0.3) is 0 Å². The summed E-state index contributed by atoms with van der Waals surface area (Å²) >= 11 is 0. The Hall–Kier alpha value is -2.07. The molecule has 0 fully saturated rings. The van der Waals surface area contributed by atoms with E-state index in [0.717, 1.165) is 6.07 Å². The van der Waals surface area contributed by atoms with E-state index >= 15 is 0 Å². The fourth-order valence-corrected chi connectivity index (χ4v) is 2.39. The molecule has 4 N–H and O–H groups in total. The summed E-state index contributed by atoms with van der Waals surface area (Å²) < 4.78 is 31.2. The monoisotopic (exact) mass is 291 g/mol. The predicted molar refractivity (Wildman–Crippen MR) is 63.1 cm³/mol. The molecule has 1 heterocycles. The van der Waals surface area contributed by atoms with Gasteiger partial charge in [-0.3, -0.25) is 0 Å². The van der Waals surface area contributed by atoms with Crippen LogP contribution in [-0.2, 0) is 21.8 Å². The van der Waals surface area contributed by atoms with Crippen LogP contribution in [-0.4, -0.2) is 43.3 Å². The second-order valence-electron chi connectivity index (χ2n) is 3.54. The number of carbonyl (C=O) groups excluding carboxylic acids is 1. The van der Waals surface area contributed by atoms with Gasteiger partial charge in [-0.2, -0.15) is 0 Å². The van der Waals surface area contributed by atoms with Crippen LogP contribution in [0.4, 0.5) is 4.79 Å². The number of nitrogens with two attached hydrogens (primary N) is 1. The van der Waals surface area contributed by atoms with Gasteiger partial charge in [0.15, 0.2) is 0 Å². The van der Waals surface area contributed by atoms with E-state index in [1.165, 1.54) is 17.8 Å². The first-order valence-corrected chi connectivity index (χ1v) is 6.54. The molecule has 0 saturated carbocycles. The number of ether oxygens (including phenoxy) is 1. The van der Waals surface area contributed by atoms with Crippen LogP contribution < -0.4 is 10.5 Å².